The SMILES string of the molecule is CCOC(=O)c1ccc(OC2CCOCC2)cc1. The number of esters is 1. The van der Waals surface area contributed by atoms with Gasteiger partial charge in [0, 0.05) is 12.8 Å². The van der Waals surface area contributed by atoms with E-state index < -0.39 is 0 Å². The molecular formula is C14H18O4. The summed E-state index contributed by atoms with van der Waals surface area (Å²) in [5.41, 5.74) is 0.552. The van der Waals surface area contributed by atoms with E-state index in [1.165, 1.54) is 0 Å². The normalized spacial score (nSPS) is 16.3. The summed E-state index contributed by atoms with van der Waals surface area (Å²) in [6, 6.07) is 7.07. The molecule has 1 saturated heterocycles. The van der Waals surface area contributed by atoms with Crippen LogP contribution >= 0.6 is 0 Å². The highest BCUT2D eigenvalue weighted by atomic mass is 16.5. The molecule has 1 aromatic rings. The minimum Gasteiger partial charge on any atom is -0.490 e. The Bertz CT molecular complexity index is 379. The third-order valence-corrected chi connectivity index (χ3v) is 2.84. The zero-order valence-electron chi connectivity index (χ0n) is 10.6. The van der Waals surface area contributed by atoms with E-state index in [9.17, 15) is 4.79 Å². The highest BCUT2D eigenvalue weighted by molar-refractivity contribution is 5.89. The second-order valence-corrected chi connectivity index (χ2v) is 4.17. The van der Waals surface area contributed by atoms with E-state index in [0.717, 1.165) is 31.8 Å². The molecule has 0 amide bonds. The number of carbonyl (C=O) groups is 1. The predicted octanol–water partition coefficient (Wildman–Crippen LogP) is 2.42. The van der Waals surface area contributed by atoms with Gasteiger partial charge in [-0.15, -0.1) is 0 Å². The van der Waals surface area contributed by atoms with Gasteiger partial charge < -0.3 is 14.2 Å². The maximum atomic E-state index is 11.5. The molecule has 0 radical (unpaired) electrons. The van der Waals surface area contributed by atoms with Gasteiger partial charge in [-0.05, 0) is 31.2 Å². The molecule has 4 nitrogen and oxygen atoms in total. The summed E-state index contributed by atoms with van der Waals surface area (Å²) < 4.78 is 16.0. The molecule has 1 heterocycles. The Balaban J connectivity index is 1.92. The van der Waals surface area contributed by atoms with Gasteiger partial charge in [-0.25, -0.2) is 4.79 Å². The Morgan fingerprint density at radius 1 is 1.28 bits per heavy atom. The van der Waals surface area contributed by atoms with Crippen LogP contribution in [0, 0.1) is 0 Å². The number of hydrogen-bond donors (Lipinski definition) is 0. The van der Waals surface area contributed by atoms with E-state index in [0.29, 0.717) is 12.2 Å². The monoisotopic (exact) mass is 250 g/mol. The summed E-state index contributed by atoms with van der Waals surface area (Å²) in [5.74, 6) is 0.491. The predicted molar refractivity (Wildman–Crippen MR) is 66.9 cm³/mol. The van der Waals surface area contributed by atoms with Crippen molar-refractivity contribution in [3.05, 3.63) is 29.8 Å². The number of benzene rings is 1. The molecule has 0 saturated carbocycles. The van der Waals surface area contributed by atoms with Crippen LogP contribution in [0.4, 0.5) is 0 Å². The minimum atomic E-state index is -0.296. The van der Waals surface area contributed by atoms with E-state index in [2.05, 4.69) is 0 Å². The Morgan fingerprint density at radius 3 is 2.56 bits per heavy atom. The van der Waals surface area contributed by atoms with E-state index in [-0.39, 0.29) is 12.1 Å². The first-order valence-corrected chi connectivity index (χ1v) is 6.31. The Labute approximate surface area is 107 Å². The standard InChI is InChI=1S/C14H18O4/c1-2-17-14(15)11-3-5-12(6-4-11)18-13-7-9-16-10-8-13/h3-6,13H,2,7-10H2,1H3. The first kappa shape index (κ1) is 12.9. The molecule has 1 aliphatic heterocycles. The van der Waals surface area contributed by atoms with Crippen molar-refractivity contribution < 1.29 is 19.0 Å². The third-order valence-electron chi connectivity index (χ3n) is 2.84. The molecule has 0 bridgehead atoms. The summed E-state index contributed by atoms with van der Waals surface area (Å²) in [5, 5.41) is 0. The largest absolute Gasteiger partial charge is 0.490 e. The van der Waals surface area contributed by atoms with Crippen LogP contribution in [0.3, 0.4) is 0 Å². The lowest BCUT2D eigenvalue weighted by Gasteiger charge is -2.23. The van der Waals surface area contributed by atoms with Gasteiger partial charge in [0.15, 0.2) is 0 Å². The molecule has 98 valence electrons. The van der Waals surface area contributed by atoms with Crippen LogP contribution in [0.15, 0.2) is 24.3 Å². The smallest absolute Gasteiger partial charge is 0.338 e. The molecule has 0 spiro atoms. The number of ether oxygens (including phenoxy) is 3. The average molecular weight is 250 g/mol. The summed E-state index contributed by atoms with van der Waals surface area (Å²) in [4.78, 5) is 11.5. The van der Waals surface area contributed by atoms with Gasteiger partial charge in [0.25, 0.3) is 0 Å². The Morgan fingerprint density at radius 2 is 1.94 bits per heavy atom. The summed E-state index contributed by atoms with van der Waals surface area (Å²) >= 11 is 0. The van der Waals surface area contributed by atoms with E-state index in [4.69, 9.17) is 14.2 Å². The first-order valence-electron chi connectivity index (χ1n) is 6.31. The summed E-state index contributed by atoms with van der Waals surface area (Å²) in [7, 11) is 0. The molecule has 0 atom stereocenters. The lowest BCUT2D eigenvalue weighted by Crippen LogP contribution is -2.25. The molecular weight excluding hydrogens is 232 g/mol. The molecule has 0 aliphatic carbocycles. The number of hydrogen-bond acceptors (Lipinski definition) is 4. The van der Waals surface area contributed by atoms with Gasteiger partial charge in [0.05, 0.1) is 25.4 Å². The van der Waals surface area contributed by atoms with Crippen molar-refractivity contribution in [1.82, 2.24) is 0 Å². The third kappa shape index (κ3) is 3.47. The quantitative estimate of drug-likeness (QED) is 0.770. The van der Waals surface area contributed by atoms with Gasteiger partial charge >= 0.3 is 5.97 Å². The lowest BCUT2D eigenvalue weighted by molar-refractivity contribution is 0.0255. The van der Waals surface area contributed by atoms with E-state index >= 15 is 0 Å². The Kier molecular flexibility index (Phi) is 4.59. The zero-order valence-corrected chi connectivity index (χ0v) is 10.6. The minimum absolute atomic E-state index is 0.215. The number of carbonyl (C=O) groups excluding carboxylic acids is 1. The molecule has 0 N–H and O–H groups in total. The highest BCUT2D eigenvalue weighted by Crippen LogP contribution is 2.18. The number of rotatable bonds is 4. The van der Waals surface area contributed by atoms with Gasteiger partial charge in [-0.1, -0.05) is 0 Å². The Hall–Kier alpha value is -1.55. The van der Waals surface area contributed by atoms with Crippen LogP contribution in [-0.4, -0.2) is 31.9 Å². The molecule has 1 fully saturated rings. The fourth-order valence-corrected chi connectivity index (χ4v) is 1.87. The molecule has 0 aromatic heterocycles. The van der Waals surface area contributed by atoms with Crippen LogP contribution in [0.5, 0.6) is 5.75 Å². The fraction of sp³-hybridized carbons (Fsp3) is 0.500. The van der Waals surface area contributed by atoms with Crippen molar-refractivity contribution in [2.45, 2.75) is 25.9 Å². The van der Waals surface area contributed by atoms with Gasteiger partial charge in [0.1, 0.15) is 11.9 Å². The second-order valence-electron chi connectivity index (χ2n) is 4.17. The topological polar surface area (TPSA) is 44.8 Å². The van der Waals surface area contributed by atoms with Gasteiger partial charge in [0.2, 0.25) is 0 Å². The first-order chi connectivity index (χ1) is 8.79. The van der Waals surface area contributed by atoms with Crippen molar-refractivity contribution in [2.24, 2.45) is 0 Å². The van der Waals surface area contributed by atoms with Gasteiger partial charge in [-0.2, -0.15) is 0 Å². The van der Waals surface area contributed by atoms with Crippen LogP contribution < -0.4 is 4.74 Å². The zero-order chi connectivity index (χ0) is 12.8. The van der Waals surface area contributed by atoms with Crippen molar-refractivity contribution in [2.75, 3.05) is 19.8 Å². The van der Waals surface area contributed by atoms with Crippen LogP contribution in [0.1, 0.15) is 30.1 Å². The average Bonchev–Trinajstić information content (AvgIpc) is 2.41. The molecule has 1 aliphatic rings. The van der Waals surface area contributed by atoms with Crippen molar-refractivity contribution in [3.63, 3.8) is 0 Å². The molecule has 4 heteroatoms. The second kappa shape index (κ2) is 6.40. The van der Waals surface area contributed by atoms with Crippen LogP contribution in [0.25, 0.3) is 0 Å². The molecule has 1 aromatic carbocycles. The highest BCUT2D eigenvalue weighted by Gasteiger charge is 2.15. The molecule has 2 rings (SSSR count). The van der Waals surface area contributed by atoms with Crippen molar-refractivity contribution in [1.29, 1.82) is 0 Å². The molecule has 18 heavy (non-hydrogen) atoms. The van der Waals surface area contributed by atoms with Crippen LogP contribution in [0.2, 0.25) is 0 Å². The fourth-order valence-electron chi connectivity index (χ4n) is 1.87. The van der Waals surface area contributed by atoms with Gasteiger partial charge in [-0.3, -0.25) is 0 Å². The van der Waals surface area contributed by atoms with Crippen LogP contribution in [-0.2, 0) is 9.47 Å². The van der Waals surface area contributed by atoms with E-state index in [1.807, 2.05) is 12.1 Å². The van der Waals surface area contributed by atoms with E-state index in [1.54, 1.807) is 19.1 Å². The lowest BCUT2D eigenvalue weighted by atomic mass is 10.1. The summed E-state index contributed by atoms with van der Waals surface area (Å²) in [6.45, 7) is 3.69. The van der Waals surface area contributed by atoms with Crippen molar-refractivity contribution in [3.8, 4) is 5.75 Å². The van der Waals surface area contributed by atoms with Crippen molar-refractivity contribution >= 4 is 5.97 Å². The maximum absolute atomic E-state index is 11.5. The maximum Gasteiger partial charge on any atom is 0.338 e. The summed E-state index contributed by atoms with van der Waals surface area (Å²) in [6.07, 6.45) is 2.05. The molecule has 0 unspecified atom stereocenters.